The molecule has 2 amide bonds. The van der Waals surface area contributed by atoms with Crippen LogP contribution >= 0.6 is 11.6 Å². The SMILES string of the molecule is CC(C)(C)[C@H](NC(=O)Nc1cc(F)cc(Cl)c1)C(=O)O. The highest BCUT2D eigenvalue weighted by Crippen LogP contribution is 2.20. The van der Waals surface area contributed by atoms with Gasteiger partial charge in [-0.1, -0.05) is 32.4 Å². The molecular formula is C13H16ClFN2O3. The summed E-state index contributed by atoms with van der Waals surface area (Å²) < 4.78 is 13.1. The van der Waals surface area contributed by atoms with Crippen LogP contribution in [0.15, 0.2) is 18.2 Å². The van der Waals surface area contributed by atoms with Crippen molar-refractivity contribution in [3.8, 4) is 0 Å². The first-order chi connectivity index (χ1) is 9.09. The van der Waals surface area contributed by atoms with Gasteiger partial charge in [-0.05, 0) is 23.6 Å². The number of carbonyl (C=O) groups is 2. The van der Waals surface area contributed by atoms with Crippen LogP contribution in [0.2, 0.25) is 5.02 Å². The summed E-state index contributed by atoms with van der Waals surface area (Å²) in [6, 6.07) is 1.72. The molecular weight excluding hydrogens is 287 g/mol. The second-order valence-corrected chi connectivity index (χ2v) is 5.83. The summed E-state index contributed by atoms with van der Waals surface area (Å²) in [4.78, 5) is 22.9. The molecule has 1 aromatic rings. The van der Waals surface area contributed by atoms with Gasteiger partial charge in [0.25, 0.3) is 0 Å². The van der Waals surface area contributed by atoms with Gasteiger partial charge in [-0.15, -0.1) is 0 Å². The van der Waals surface area contributed by atoms with E-state index >= 15 is 0 Å². The normalized spacial score (nSPS) is 12.7. The van der Waals surface area contributed by atoms with E-state index in [9.17, 15) is 14.0 Å². The molecule has 3 N–H and O–H groups in total. The van der Waals surface area contributed by atoms with Crippen molar-refractivity contribution in [2.24, 2.45) is 5.41 Å². The number of carboxylic acid groups (broad SMARTS) is 1. The lowest BCUT2D eigenvalue weighted by Gasteiger charge is -2.27. The van der Waals surface area contributed by atoms with Crippen molar-refractivity contribution < 1.29 is 19.1 Å². The molecule has 0 spiro atoms. The Morgan fingerprint density at radius 2 is 1.90 bits per heavy atom. The van der Waals surface area contributed by atoms with E-state index in [-0.39, 0.29) is 10.7 Å². The molecule has 7 heteroatoms. The second-order valence-electron chi connectivity index (χ2n) is 5.39. The minimum absolute atomic E-state index is 0.130. The summed E-state index contributed by atoms with van der Waals surface area (Å²) in [5, 5.41) is 13.9. The Labute approximate surface area is 121 Å². The van der Waals surface area contributed by atoms with Crippen LogP contribution in [0.4, 0.5) is 14.9 Å². The average Bonchev–Trinajstić information content (AvgIpc) is 2.22. The van der Waals surface area contributed by atoms with E-state index in [1.807, 2.05) is 0 Å². The molecule has 20 heavy (non-hydrogen) atoms. The average molecular weight is 303 g/mol. The molecule has 5 nitrogen and oxygen atoms in total. The Morgan fingerprint density at radius 1 is 1.30 bits per heavy atom. The first kappa shape index (κ1) is 16.2. The summed E-state index contributed by atoms with van der Waals surface area (Å²) >= 11 is 5.66. The molecule has 0 fully saturated rings. The van der Waals surface area contributed by atoms with Crippen molar-refractivity contribution in [2.45, 2.75) is 26.8 Å². The fourth-order valence-corrected chi connectivity index (χ4v) is 1.79. The quantitative estimate of drug-likeness (QED) is 0.803. The molecule has 0 aliphatic carbocycles. The summed E-state index contributed by atoms with van der Waals surface area (Å²) in [6.07, 6.45) is 0. The molecule has 0 saturated carbocycles. The van der Waals surface area contributed by atoms with Gasteiger partial charge in [0.05, 0.1) is 0 Å². The highest BCUT2D eigenvalue weighted by Gasteiger charge is 2.32. The number of carbonyl (C=O) groups excluding carboxylic acids is 1. The van der Waals surface area contributed by atoms with Gasteiger partial charge in [0.1, 0.15) is 11.9 Å². The smallest absolute Gasteiger partial charge is 0.326 e. The number of carboxylic acids is 1. The number of aliphatic carboxylic acids is 1. The Balaban J connectivity index is 2.78. The van der Waals surface area contributed by atoms with E-state index in [1.165, 1.54) is 6.07 Å². The van der Waals surface area contributed by atoms with Crippen molar-refractivity contribution in [1.29, 1.82) is 0 Å². The molecule has 0 aliphatic rings. The van der Waals surface area contributed by atoms with Gasteiger partial charge in [-0.3, -0.25) is 0 Å². The predicted octanol–water partition coefficient (Wildman–Crippen LogP) is 3.10. The molecule has 0 saturated heterocycles. The number of nitrogens with one attached hydrogen (secondary N) is 2. The van der Waals surface area contributed by atoms with Crippen LogP contribution < -0.4 is 10.6 Å². The topological polar surface area (TPSA) is 78.4 Å². The number of hydrogen-bond acceptors (Lipinski definition) is 2. The van der Waals surface area contributed by atoms with E-state index in [4.69, 9.17) is 16.7 Å². The van der Waals surface area contributed by atoms with Gasteiger partial charge in [0.2, 0.25) is 0 Å². The Bertz CT molecular complexity index is 509. The third-order valence-corrected chi connectivity index (χ3v) is 2.73. The van der Waals surface area contributed by atoms with E-state index in [0.29, 0.717) is 0 Å². The third kappa shape index (κ3) is 4.70. The van der Waals surface area contributed by atoms with Gasteiger partial charge in [-0.25, -0.2) is 14.0 Å². The van der Waals surface area contributed by atoms with Crippen LogP contribution in [0, 0.1) is 11.2 Å². The Kier molecular flexibility index (Phi) is 4.94. The fourth-order valence-electron chi connectivity index (χ4n) is 1.57. The van der Waals surface area contributed by atoms with Crippen LogP contribution in [-0.2, 0) is 4.79 Å². The lowest BCUT2D eigenvalue weighted by atomic mass is 9.87. The summed E-state index contributed by atoms with van der Waals surface area (Å²) in [5.74, 6) is -1.75. The number of anilines is 1. The van der Waals surface area contributed by atoms with Crippen LogP contribution in [0.1, 0.15) is 20.8 Å². The van der Waals surface area contributed by atoms with Gasteiger partial charge in [0.15, 0.2) is 0 Å². The number of rotatable bonds is 3. The number of hydrogen-bond donors (Lipinski definition) is 3. The van der Waals surface area contributed by atoms with Crippen molar-refractivity contribution in [2.75, 3.05) is 5.32 Å². The molecule has 0 aromatic heterocycles. The maximum absolute atomic E-state index is 13.1. The lowest BCUT2D eigenvalue weighted by molar-refractivity contribution is -0.141. The highest BCUT2D eigenvalue weighted by molar-refractivity contribution is 6.30. The molecule has 110 valence electrons. The summed E-state index contributed by atoms with van der Waals surface area (Å²) in [6.45, 7) is 5.06. The number of urea groups is 1. The third-order valence-electron chi connectivity index (χ3n) is 2.51. The van der Waals surface area contributed by atoms with Crippen molar-refractivity contribution in [1.82, 2.24) is 5.32 Å². The summed E-state index contributed by atoms with van der Waals surface area (Å²) in [7, 11) is 0. The fraction of sp³-hybridized carbons (Fsp3) is 0.385. The molecule has 0 unspecified atom stereocenters. The molecule has 1 atom stereocenters. The zero-order valence-electron chi connectivity index (χ0n) is 11.3. The molecule has 1 aromatic carbocycles. The maximum Gasteiger partial charge on any atom is 0.326 e. The van der Waals surface area contributed by atoms with Crippen molar-refractivity contribution in [3.63, 3.8) is 0 Å². The first-order valence-corrected chi connectivity index (χ1v) is 6.24. The van der Waals surface area contributed by atoms with Crippen LogP contribution in [0.5, 0.6) is 0 Å². The van der Waals surface area contributed by atoms with Crippen LogP contribution in [0.25, 0.3) is 0 Å². The minimum atomic E-state index is -1.15. The van der Waals surface area contributed by atoms with Gasteiger partial charge in [0, 0.05) is 10.7 Å². The molecule has 0 radical (unpaired) electrons. The maximum atomic E-state index is 13.1. The first-order valence-electron chi connectivity index (χ1n) is 5.86. The zero-order valence-corrected chi connectivity index (χ0v) is 12.1. The zero-order chi connectivity index (χ0) is 15.5. The van der Waals surface area contributed by atoms with Crippen molar-refractivity contribution >= 4 is 29.3 Å². The minimum Gasteiger partial charge on any atom is -0.480 e. The number of amides is 2. The molecule has 1 rings (SSSR count). The van der Waals surface area contributed by atoms with Gasteiger partial charge < -0.3 is 15.7 Å². The van der Waals surface area contributed by atoms with Crippen molar-refractivity contribution in [3.05, 3.63) is 29.0 Å². The largest absolute Gasteiger partial charge is 0.480 e. The lowest BCUT2D eigenvalue weighted by Crippen LogP contribution is -2.50. The highest BCUT2D eigenvalue weighted by atomic mass is 35.5. The van der Waals surface area contributed by atoms with Crippen LogP contribution in [-0.4, -0.2) is 23.1 Å². The van der Waals surface area contributed by atoms with E-state index in [0.717, 1.165) is 12.1 Å². The summed E-state index contributed by atoms with van der Waals surface area (Å²) in [5.41, 5.74) is -0.520. The standard InChI is InChI=1S/C13H16ClFN2O3/c1-13(2,3)10(11(18)19)17-12(20)16-9-5-7(14)4-8(15)6-9/h4-6,10H,1-3H3,(H,18,19)(H2,16,17,20)/t10-/m1/s1. The second kappa shape index (κ2) is 6.09. The van der Waals surface area contributed by atoms with Gasteiger partial charge >= 0.3 is 12.0 Å². The predicted molar refractivity (Wildman–Crippen MR) is 74.4 cm³/mol. The Morgan fingerprint density at radius 3 is 2.35 bits per heavy atom. The van der Waals surface area contributed by atoms with E-state index in [2.05, 4.69) is 10.6 Å². The number of halogens is 2. The van der Waals surface area contributed by atoms with Crippen LogP contribution in [0.3, 0.4) is 0 Å². The van der Waals surface area contributed by atoms with E-state index in [1.54, 1.807) is 20.8 Å². The monoisotopic (exact) mass is 302 g/mol. The van der Waals surface area contributed by atoms with E-state index < -0.39 is 29.3 Å². The Hall–Kier alpha value is -1.82. The molecule has 0 heterocycles. The molecule has 0 aliphatic heterocycles. The number of benzene rings is 1. The molecule has 0 bridgehead atoms. The van der Waals surface area contributed by atoms with Gasteiger partial charge in [-0.2, -0.15) is 0 Å².